The van der Waals surface area contributed by atoms with Crippen molar-refractivity contribution in [3.63, 3.8) is 0 Å². The van der Waals surface area contributed by atoms with E-state index in [1.165, 1.54) is 14.7 Å². The van der Waals surface area contributed by atoms with Gasteiger partial charge in [0.25, 0.3) is 0 Å². The molecule has 1 fully saturated rings. The van der Waals surface area contributed by atoms with Gasteiger partial charge in [-0.25, -0.2) is 4.79 Å². The Kier molecular flexibility index (Phi) is 9.12. The van der Waals surface area contributed by atoms with Gasteiger partial charge >= 0.3 is 5.97 Å². The number of esters is 1. The van der Waals surface area contributed by atoms with Gasteiger partial charge in [0.1, 0.15) is 23.7 Å². The first-order valence-corrected chi connectivity index (χ1v) is 15.3. The number of hydrogen-bond donors (Lipinski definition) is 0. The highest BCUT2D eigenvalue weighted by molar-refractivity contribution is 7.97. The Morgan fingerprint density at radius 3 is 1.75 bits per heavy atom. The van der Waals surface area contributed by atoms with Gasteiger partial charge in [-0.2, -0.15) is 0 Å². The average molecular weight is 554 g/mol. The molecule has 0 spiro atoms. The van der Waals surface area contributed by atoms with E-state index in [-0.39, 0.29) is 29.1 Å². The third kappa shape index (κ3) is 6.89. The largest absolute Gasteiger partial charge is 0.489 e. The van der Waals surface area contributed by atoms with Crippen LogP contribution in [0.1, 0.15) is 45.1 Å². The van der Waals surface area contributed by atoms with Gasteiger partial charge in [0.2, 0.25) is 0 Å². The fourth-order valence-corrected chi connectivity index (χ4v) is 7.29. The molecule has 0 amide bonds. The summed E-state index contributed by atoms with van der Waals surface area (Å²) < 4.78 is 17.7. The molecule has 0 heterocycles. The molecule has 4 aromatic rings. The highest BCUT2D eigenvalue weighted by Crippen LogP contribution is 2.39. The fraction of sp³-hybridized carbons (Fsp3) is 0.286. The molecule has 0 atom stereocenters. The van der Waals surface area contributed by atoms with Gasteiger partial charge in [-0.1, -0.05) is 62.4 Å². The smallest absolute Gasteiger partial charge is 0.344 e. The minimum absolute atomic E-state index is 0.0791. The first-order chi connectivity index (χ1) is 19.5. The van der Waals surface area contributed by atoms with Crippen LogP contribution in [-0.2, 0) is 27.0 Å². The van der Waals surface area contributed by atoms with Crippen LogP contribution in [0.2, 0.25) is 0 Å². The van der Waals surface area contributed by atoms with Crippen molar-refractivity contribution in [1.29, 1.82) is 0 Å². The van der Waals surface area contributed by atoms with Crippen LogP contribution < -0.4 is 9.47 Å². The van der Waals surface area contributed by atoms with E-state index in [4.69, 9.17) is 14.2 Å². The van der Waals surface area contributed by atoms with Gasteiger partial charge < -0.3 is 14.2 Å². The molecule has 40 heavy (non-hydrogen) atoms. The minimum Gasteiger partial charge on any atom is -0.489 e. The molecule has 0 N–H and O–H groups in total. The van der Waals surface area contributed by atoms with E-state index >= 15 is 0 Å². The van der Waals surface area contributed by atoms with Crippen LogP contribution >= 0.6 is 0 Å². The molecule has 0 aliphatic heterocycles. The molecular formula is C35H37O4S+. The standard InChI is InChI=1S/C35H37O4S/c1-27(2)35(23-9-10-24-35)39-34(36)26-38-29-17-15-28(16-18-29)25-37-30-19-21-33(22-20-30)40(31-11-5-3-6-12-31)32-13-7-4-8-14-32/h3-8,11-22,27H,9-10,23-26H2,1-2H3/q+1. The third-order valence-corrected chi connectivity index (χ3v) is 9.75. The second-order valence-electron chi connectivity index (χ2n) is 10.5. The lowest BCUT2D eigenvalue weighted by atomic mass is 9.88. The minimum atomic E-state index is -0.329. The molecule has 4 aromatic carbocycles. The molecule has 0 aromatic heterocycles. The van der Waals surface area contributed by atoms with E-state index in [1.54, 1.807) is 0 Å². The molecule has 5 heteroatoms. The zero-order valence-corrected chi connectivity index (χ0v) is 24.1. The summed E-state index contributed by atoms with van der Waals surface area (Å²) in [5.74, 6) is 1.48. The SMILES string of the molecule is CC(C)C1(OC(=O)COc2ccc(COc3ccc([S+](c4ccccc4)c4ccccc4)cc3)cc2)CCCC1. The van der Waals surface area contributed by atoms with Crippen LogP contribution in [0.25, 0.3) is 0 Å². The van der Waals surface area contributed by atoms with Crippen LogP contribution in [0.5, 0.6) is 11.5 Å². The molecule has 1 aliphatic rings. The maximum Gasteiger partial charge on any atom is 0.344 e. The van der Waals surface area contributed by atoms with Crippen LogP contribution in [-0.4, -0.2) is 18.2 Å². The molecule has 0 bridgehead atoms. The molecule has 0 unspecified atom stereocenters. The number of ether oxygens (including phenoxy) is 3. The van der Waals surface area contributed by atoms with E-state index in [0.717, 1.165) is 37.0 Å². The molecule has 1 aliphatic carbocycles. The second kappa shape index (κ2) is 13.1. The van der Waals surface area contributed by atoms with E-state index in [0.29, 0.717) is 18.3 Å². The molecule has 0 saturated heterocycles. The summed E-state index contributed by atoms with van der Waals surface area (Å²) in [4.78, 5) is 16.3. The summed E-state index contributed by atoms with van der Waals surface area (Å²) in [6.07, 6.45) is 4.11. The van der Waals surface area contributed by atoms with Crippen LogP contribution in [0.4, 0.5) is 0 Å². The number of carbonyl (C=O) groups is 1. The predicted molar refractivity (Wildman–Crippen MR) is 160 cm³/mol. The normalized spacial score (nSPS) is 14.3. The monoisotopic (exact) mass is 553 g/mol. The summed E-state index contributed by atoms with van der Waals surface area (Å²) >= 11 is 0. The van der Waals surface area contributed by atoms with E-state index in [2.05, 4.69) is 86.6 Å². The Bertz CT molecular complexity index is 1310. The number of hydrogen-bond acceptors (Lipinski definition) is 4. The van der Waals surface area contributed by atoms with Crippen molar-refractivity contribution in [2.75, 3.05) is 6.61 Å². The van der Waals surface area contributed by atoms with E-state index in [1.807, 2.05) is 36.4 Å². The van der Waals surface area contributed by atoms with Gasteiger partial charge in [0, 0.05) is 0 Å². The summed E-state index contributed by atoms with van der Waals surface area (Å²) in [6.45, 7) is 4.62. The molecule has 206 valence electrons. The zero-order chi connectivity index (χ0) is 27.8. The van der Waals surface area contributed by atoms with Crippen molar-refractivity contribution >= 4 is 16.9 Å². The van der Waals surface area contributed by atoms with Crippen molar-refractivity contribution in [3.05, 3.63) is 115 Å². The van der Waals surface area contributed by atoms with Crippen molar-refractivity contribution in [1.82, 2.24) is 0 Å². The second-order valence-corrected chi connectivity index (χ2v) is 12.6. The van der Waals surface area contributed by atoms with E-state index < -0.39 is 0 Å². The Hall–Kier alpha value is -3.70. The molecule has 1 saturated carbocycles. The summed E-state index contributed by atoms with van der Waals surface area (Å²) in [5.41, 5.74) is 0.696. The third-order valence-electron chi connectivity index (χ3n) is 7.52. The van der Waals surface area contributed by atoms with Gasteiger partial charge in [-0.15, -0.1) is 0 Å². The first kappa shape index (κ1) is 27.9. The Balaban J connectivity index is 1.15. The van der Waals surface area contributed by atoms with E-state index in [9.17, 15) is 4.79 Å². The molecule has 0 radical (unpaired) electrons. The average Bonchev–Trinajstić information content (AvgIpc) is 3.47. The van der Waals surface area contributed by atoms with Crippen molar-refractivity contribution in [3.8, 4) is 11.5 Å². The lowest BCUT2D eigenvalue weighted by Crippen LogP contribution is -2.38. The summed E-state index contributed by atoms with van der Waals surface area (Å²) in [7, 11) is -0.180. The highest BCUT2D eigenvalue weighted by Gasteiger charge is 2.40. The Labute approximate surface area is 240 Å². The maximum atomic E-state index is 12.5. The summed E-state index contributed by atoms with van der Waals surface area (Å²) in [5, 5.41) is 0. The van der Waals surface area contributed by atoms with Crippen molar-refractivity contribution in [2.24, 2.45) is 5.92 Å². The molecular weight excluding hydrogens is 516 g/mol. The lowest BCUT2D eigenvalue weighted by molar-refractivity contribution is -0.166. The maximum absolute atomic E-state index is 12.5. The Morgan fingerprint density at radius 1 is 0.700 bits per heavy atom. The predicted octanol–water partition coefficient (Wildman–Crippen LogP) is 8.25. The number of rotatable bonds is 11. The first-order valence-electron chi connectivity index (χ1n) is 14.0. The van der Waals surface area contributed by atoms with Gasteiger partial charge in [0.15, 0.2) is 21.3 Å². The quantitative estimate of drug-likeness (QED) is 0.139. The van der Waals surface area contributed by atoms with Gasteiger partial charge in [-0.3, -0.25) is 0 Å². The Morgan fingerprint density at radius 2 is 1.20 bits per heavy atom. The molecule has 5 rings (SSSR count). The lowest BCUT2D eigenvalue weighted by Gasteiger charge is -2.33. The van der Waals surface area contributed by atoms with Crippen LogP contribution in [0, 0.1) is 5.92 Å². The molecule has 4 nitrogen and oxygen atoms in total. The zero-order valence-electron chi connectivity index (χ0n) is 23.3. The topological polar surface area (TPSA) is 44.8 Å². The van der Waals surface area contributed by atoms with Crippen LogP contribution in [0.15, 0.2) is 124 Å². The van der Waals surface area contributed by atoms with Gasteiger partial charge in [0.05, 0.1) is 10.9 Å². The number of carbonyl (C=O) groups excluding carboxylic acids is 1. The summed E-state index contributed by atoms with van der Waals surface area (Å²) in [6, 6.07) is 37.3. The van der Waals surface area contributed by atoms with Crippen LogP contribution in [0.3, 0.4) is 0 Å². The highest BCUT2D eigenvalue weighted by atomic mass is 32.2. The number of benzene rings is 4. The van der Waals surface area contributed by atoms with Gasteiger partial charge in [-0.05, 0) is 97.8 Å². The van der Waals surface area contributed by atoms with Crippen molar-refractivity contribution in [2.45, 2.75) is 66.4 Å². The van der Waals surface area contributed by atoms with Crippen molar-refractivity contribution < 1.29 is 19.0 Å². The fourth-order valence-electron chi connectivity index (χ4n) is 5.21.